The Balaban J connectivity index is 2.66. The van der Waals surface area contributed by atoms with Crippen LogP contribution in [0.2, 0.25) is 0 Å². The maximum atomic E-state index is 11.8. The summed E-state index contributed by atoms with van der Waals surface area (Å²) in [6.45, 7) is -1.32. The van der Waals surface area contributed by atoms with Gasteiger partial charge in [0, 0.05) is 17.7 Å². The maximum Gasteiger partial charge on any atom is 0.405 e. The van der Waals surface area contributed by atoms with Crippen LogP contribution in [0.15, 0.2) is 16.7 Å². The van der Waals surface area contributed by atoms with Crippen molar-refractivity contribution in [3.63, 3.8) is 0 Å². The van der Waals surface area contributed by atoms with Crippen molar-refractivity contribution in [2.24, 2.45) is 7.05 Å². The van der Waals surface area contributed by atoms with Crippen molar-refractivity contribution in [3.8, 4) is 0 Å². The first-order chi connectivity index (χ1) is 6.79. The highest BCUT2D eigenvalue weighted by Crippen LogP contribution is 2.15. The molecule has 0 unspecified atom stereocenters. The molecular weight excluding hydrogens is 277 g/mol. The van der Waals surface area contributed by atoms with Gasteiger partial charge in [0.25, 0.3) is 5.91 Å². The number of halogens is 4. The molecule has 7 heteroatoms. The molecule has 3 nitrogen and oxygen atoms in total. The van der Waals surface area contributed by atoms with Crippen LogP contribution in [0.4, 0.5) is 13.2 Å². The summed E-state index contributed by atoms with van der Waals surface area (Å²) in [6.07, 6.45) is -2.81. The maximum absolute atomic E-state index is 11.8. The van der Waals surface area contributed by atoms with E-state index in [2.05, 4.69) is 15.9 Å². The fraction of sp³-hybridized carbons (Fsp3) is 0.375. The topological polar surface area (TPSA) is 34.0 Å². The molecule has 0 fully saturated rings. The fourth-order valence-electron chi connectivity index (χ4n) is 1.02. The van der Waals surface area contributed by atoms with E-state index in [-0.39, 0.29) is 5.69 Å². The first kappa shape index (κ1) is 12.1. The van der Waals surface area contributed by atoms with Crippen LogP contribution < -0.4 is 5.32 Å². The van der Waals surface area contributed by atoms with E-state index in [0.29, 0.717) is 4.47 Å². The number of carbonyl (C=O) groups is 1. The number of rotatable bonds is 2. The summed E-state index contributed by atoms with van der Waals surface area (Å²) in [5.74, 6) is -0.750. The van der Waals surface area contributed by atoms with Gasteiger partial charge in [0.2, 0.25) is 0 Å². The number of aromatic nitrogens is 1. The predicted molar refractivity (Wildman–Crippen MR) is 51.5 cm³/mol. The molecule has 0 atom stereocenters. The van der Waals surface area contributed by atoms with Gasteiger partial charge in [-0.1, -0.05) is 0 Å². The summed E-state index contributed by atoms with van der Waals surface area (Å²) in [5.41, 5.74) is 0.172. The Labute approximate surface area is 92.4 Å². The smallest absolute Gasteiger partial charge is 0.345 e. The number of nitrogens with zero attached hydrogens (tertiary/aromatic N) is 1. The van der Waals surface area contributed by atoms with Crippen molar-refractivity contribution in [1.82, 2.24) is 9.88 Å². The Kier molecular flexibility index (Phi) is 3.43. The number of nitrogens with one attached hydrogen (secondary N) is 1. The van der Waals surface area contributed by atoms with Crippen LogP contribution in [0.5, 0.6) is 0 Å². The number of aryl methyl sites for hydroxylation is 1. The molecule has 0 bridgehead atoms. The molecular formula is C8H8BrF3N2O. The van der Waals surface area contributed by atoms with Gasteiger partial charge in [-0.15, -0.1) is 0 Å². The van der Waals surface area contributed by atoms with Crippen LogP contribution in [0, 0.1) is 0 Å². The van der Waals surface area contributed by atoms with E-state index in [1.807, 2.05) is 0 Å². The first-order valence-corrected chi connectivity index (χ1v) is 4.76. The standard InChI is InChI=1S/C8H8BrF3N2O/c1-14-3-5(9)2-6(14)7(15)13-4-8(10,11)12/h2-3H,4H2,1H3,(H,13,15). The molecule has 0 spiro atoms. The van der Waals surface area contributed by atoms with Crippen LogP contribution in [0.3, 0.4) is 0 Å². The monoisotopic (exact) mass is 284 g/mol. The Bertz CT molecular complexity index is 372. The molecule has 1 N–H and O–H groups in total. The summed E-state index contributed by atoms with van der Waals surface area (Å²) < 4.78 is 37.5. The number of hydrogen-bond acceptors (Lipinski definition) is 1. The molecule has 0 radical (unpaired) electrons. The lowest BCUT2D eigenvalue weighted by Crippen LogP contribution is -2.34. The zero-order chi connectivity index (χ0) is 11.6. The third kappa shape index (κ3) is 3.58. The zero-order valence-corrected chi connectivity index (χ0v) is 9.32. The van der Waals surface area contributed by atoms with Gasteiger partial charge in [0.05, 0.1) is 0 Å². The first-order valence-electron chi connectivity index (χ1n) is 3.96. The highest BCUT2D eigenvalue weighted by molar-refractivity contribution is 9.10. The van der Waals surface area contributed by atoms with Gasteiger partial charge in [-0.3, -0.25) is 4.79 Å². The third-order valence-electron chi connectivity index (χ3n) is 1.65. The summed E-state index contributed by atoms with van der Waals surface area (Å²) in [4.78, 5) is 11.3. The number of hydrogen-bond donors (Lipinski definition) is 1. The summed E-state index contributed by atoms with van der Waals surface area (Å²) in [7, 11) is 1.58. The molecule has 0 aliphatic carbocycles. The molecule has 0 aliphatic rings. The molecule has 1 amide bonds. The highest BCUT2D eigenvalue weighted by Gasteiger charge is 2.28. The second kappa shape index (κ2) is 4.26. The SMILES string of the molecule is Cn1cc(Br)cc1C(=O)NCC(F)(F)F. The van der Waals surface area contributed by atoms with Crippen molar-refractivity contribution in [2.45, 2.75) is 6.18 Å². The fourth-order valence-corrected chi connectivity index (χ4v) is 1.54. The van der Waals surface area contributed by atoms with E-state index < -0.39 is 18.6 Å². The molecule has 0 saturated carbocycles. The van der Waals surface area contributed by atoms with E-state index in [0.717, 1.165) is 0 Å². The van der Waals surface area contributed by atoms with Crippen LogP contribution in [0.25, 0.3) is 0 Å². The van der Waals surface area contributed by atoms with Gasteiger partial charge in [-0.05, 0) is 22.0 Å². The molecule has 1 rings (SSSR count). The van der Waals surface area contributed by atoms with Crippen LogP contribution in [-0.4, -0.2) is 23.2 Å². The largest absolute Gasteiger partial charge is 0.405 e. The Morgan fingerprint density at radius 1 is 1.60 bits per heavy atom. The lowest BCUT2D eigenvalue weighted by molar-refractivity contribution is -0.123. The molecule has 1 aromatic rings. The third-order valence-corrected chi connectivity index (χ3v) is 2.09. The Hall–Kier alpha value is -0.980. The van der Waals surface area contributed by atoms with Gasteiger partial charge in [-0.2, -0.15) is 13.2 Å². The molecule has 1 aromatic heterocycles. The predicted octanol–water partition coefficient (Wildman–Crippen LogP) is 2.08. The van der Waals surface area contributed by atoms with Gasteiger partial charge in [0.15, 0.2) is 0 Å². The number of amides is 1. The van der Waals surface area contributed by atoms with Gasteiger partial charge >= 0.3 is 6.18 Å². The minimum atomic E-state index is -4.39. The quantitative estimate of drug-likeness (QED) is 0.887. The van der Waals surface area contributed by atoms with Gasteiger partial charge in [-0.25, -0.2) is 0 Å². The van der Waals surface area contributed by atoms with Crippen molar-refractivity contribution >= 4 is 21.8 Å². The minimum absolute atomic E-state index is 0.172. The summed E-state index contributed by atoms with van der Waals surface area (Å²) >= 11 is 3.12. The number of alkyl halides is 3. The summed E-state index contributed by atoms with van der Waals surface area (Å²) in [6, 6.07) is 1.45. The molecule has 0 saturated heterocycles. The van der Waals surface area contributed by atoms with E-state index in [9.17, 15) is 18.0 Å². The van der Waals surface area contributed by atoms with E-state index in [1.165, 1.54) is 10.6 Å². The lowest BCUT2D eigenvalue weighted by atomic mass is 10.4. The molecule has 1 heterocycles. The Morgan fingerprint density at radius 3 is 2.60 bits per heavy atom. The van der Waals surface area contributed by atoms with Crippen molar-refractivity contribution in [1.29, 1.82) is 0 Å². The van der Waals surface area contributed by atoms with E-state index >= 15 is 0 Å². The van der Waals surface area contributed by atoms with Crippen molar-refractivity contribution < 1.29 is 18.0 Å². The van der Waals surface area contributed by atoms with Gasteiger partial charge < -0.3 is 9.88 Å². The average molecular weight is 285 g/mol. The summed E-state index contributed by atoms with van der Waals surface area (Å²) in [5, 5.41) is 1.79. The van der Waals surface area contributed by atoms with Gasteiger partial charge in [0.1, 0.15) is 12.2 Å². The van der Waals surface area contributed by atoms with Crippen LogP contribution in [-0.2, 0) is 7.05 Å². The molecule has 0 aromatic carbocycles. The highest BCUT2D eigenvalue weighted by atomic mass is 79.9. The molecule has 0 aliphatic heterocycles. The molecule has 15 heavy (non-hydrogen) atoms. The van der Waals surface area contributed by atoms with E-state index in [4.69, 9.17) is 0 Å². The minimum Gasteiger partial charge on any atom is -0.345 e. The normalized spacial score (nSPS) is 11.5. The Morgan fingerprint density at radius 2 is 2.20 bits per heavy atom. The molecule has 84 valence electrons. The zero-order valence-electron chi connectivity index (χ0n) is 7.73. The second-order valence-electron chi connectivity index (χ2n) is 2.95. The van der Waals surface area contributed by atoms with Crippen molar-refractivity contribution in [2.75, 3.05) is 6.54 Å². The number of carbonyl (C=O) groups excluding carboxylic acids is 1. The van der Waals surface area contributed by atoms with Crippen molar-refractivity contribution in [3.05, 3.63) is 22.4 Å². The van der Waals surface area contributed by atoms with Crippen LogP contribution >= 0.6 is 15.9 Å². The average Bonchev–Trinajstić information content (AvgIpc) is 2.40. The van der Waals surface area contributed by atoms with E-state index in [1.54, 1.807) is 18.6 Å². The van der Waals surface area contributed by atoms with Crippen LogP contribution in [0.1, 0.15) is 10.5 Å². The second-order valence-corrected chi connectivity index (χ2v) is 3.87. The lowest BCUT2D eigenvalue weighted by Gasteiger charge is -2.08.